The predicted molar refractivity (Wildman–Crippen MR) is 46.6 cm³/mol. The van der Waals surface area contributed by atoms with Gasteiger partial charge in [0.15, 0.2) is 5.76 Å². The zero-order chi connectivity index (χ0) is 8.39. The SMILES string of the molecule is Nc1cnoc1C1CC=CCC1. The van der Waals surface area contributed by atoms with Gasteiger partial charge in [0.05, 0.1) is 11.9 Å². The van der Waals surface area contributed by atoms with E-state index in [9.17, 15) is 0 Å². The molecule has 0 saturated carbocycles. The van der Waals surface area contributed by atoms with E-state index in [0.29, 0.717) is 11.6 Å². The smallest absolute Gasteiger partial charge is 0.162 e. The predicted octanol–water partition coefficient (Wildman–Crippen LogP) is 2.08. The first kappa shape index (κ1) is 7.40. The van der Waals surface area contributed by atoms with Crippen molar-refractivity contribution in [3.05, 3.63) is 24.1 Å². The first-order valence-electron chi connectivity index (χ1n) is 4.23. The second-order valence-electron chi connectivity index (χ2n) is 3.13. The molecule has 1 aromatic rings. The van der Waals surface area contributed by atoms with Crippen LogP contribution in [0, 0.1) is 0 Å². The third-order valence-corrected chi connectivity index (χ3v) is 2.27. The molecule has 0 aromatic carbocycles. The Hall–Kier alpha value is -1.25. The fourth-order valence-corrected chi connectivity index (χ4v) is 1.60. The van der Waals surface area contributed by atoms with Crippen molar-refractivity contribution in [2.24, 2.45) is 0 Å². The molecule has 2 N–H and O–H groups in total. The summed E-state index contributed by atoms with van der Waals surface area (Å²) in [7, 11) is 0. The number of nitrogens with zero attached hydrogens (tertiary/aromatic N) is 1. The van der Waals surface area contributed by atoms with E-state index in [0.717, 1.165) is 25.0 Å². The summed E-state index contributed by atoms with van der Waals surface area (Å²) in [6.45, 7) is 0. The number of nitrogens with two attached hydrogens (primary N) is 1. The van der Waals surface area contributed by atoms with E-state index in [1.807, 2.05) is 0 Å². The highest BCUT2D eigenvalue weighted by Crippen LogP contribution is 2.31. The lowest BCUT2D eigenvalue weighted by atomic mass is 9.92. The summed E-state index contributed by atoms with van der Waals surface area (Å²) in [4.78, 5) is 0. The van der Waals surface area contributed by atoms with Gasteiger partial charge in [-0.05, 0) is 19.3 Å². The normalized spacial score (nSPS) is 22.8. The summed E-state index contributed by atoms with van der Waals surface area (Å²) < 4.78 is 5.09. The van der Waals surface area contributed by atoms with Gasteiger partial charge in [0, 0.05) is 5.92 Å². The van der Waals surface area contributed by atoms with E-state index in [-0.39, 0.29) is 0 Å². The van der Waals surface area contributed by atoms with Gasteiger partial charge < -0.3 is 10.3 Å². The van der Waals surface area contributed by atoms with Crippen molar-refractivity contribution in [2.45, 2.75) is 25.2 Å². The Bertz CT molecular complexity index is 290. The molecular weight excluding hydrogens is 152 g/mol. The Morgan fingerprint density at radius 3 is 3.00 bits per heavy atom. The molecular formula is C9H12N2O. The molecule has 2 rings (SSSR count). The maximum atomic E-state index is 5.69. The molecule has 0 fully saturated rings. The summed E-state index contributed by atoms with van der Waals surface area (Å²) in [6.07, 6.45) is 9.22. The molecule has 1 aliphatic carbocycles. The number of aromatic nitrogens is 1. The van der Waals surface area contributed by atoms with Crippen LogP contribution in [-0.4, -0.2) is 5.16 Å². The Morgan fingerprint density at radius 2 is 2.42 bits per heavy atom. The highest BCUT2D eigenvalue weighted by Gasteiger charge is 2.18. The minimum Gasteiger partial charge on any atom is -0.395 e. The van der Waals surface area contributed by atoms with Crippen molar-refractivity contribution in [2.75, 3.05) is 5.73 Å². The molecule has 0 radical (unpaired) electrons. The lowest BCUT2D eigenvalue weighted by Gasteiger charge is -2.14. The lowest BCUT2D eigenvalue weighted by molar-refractivity contribution is 0.352. The maximum Gasteiger partial charge on any atom is 0.162 e. The topological polar surface area (TPSA) is 52.0 Å². The Kier molecular flexibility index (Phi) is 1.86. The van der Waals surface area contributed by atoms with Crippen LogP contribution in [-0.2, 0) is 0 Å². The van der Waals surface area contributed by atoms with Crippen LogP contribution in [0.25, 0.3) is 0 Å². The van der Waals surface area contributed by atoms with E-state index < -0.39 is 0 Å². The summed E-state index contributed by atoms with van der Waals surface area (Å²) in [5, 5.41) is 3.67. The minimum absolute atomic E-state index is 0.442. The van der Waals surface area contributed by atoms with Gasteiger partial charge >= 0.3 is 0 Å². The van der Waals surface area contributed by atoms with Crippen molar-refractivity contribution in [3.63, 3.8) is 0 Å². The molecule has 12 heavy (non-hydrogen) atoms. The van der Waals surface area contributed by atoms with E-state index >= 15 is 0 Å². The fraction of sp³-hybridized carbons (Fsp3) is 0.444. The second-order valence-corrected chi connectivity index (χ2v) is 3.13. The van der Waals surface area contributed by atoms with Crippen LogP contribution in [0.1, 0.15) is 30.9 Å². The van der Waals surface area contributed by atoms with E-state index in [1.165, 1.54) is 0 Å². The van der Waals surface area contributed by atoms with Gasteiger partial charge in [-0.3, -0.25) is 0 Å². The first-order chi connectivity index (χ1) is 5.88. The van der Waals surface area contributed by atoms with Gasteiger partial charge in [-0.2, -0.15) is 0 Å². The Labute approximate surface area is 71.2 Å². The molecule has 1 heterocycles. The van der Waals surface area contributed by atoms with Crippen LogP contribution in [0.4, 0.5) is 5.69 Å². The highest BCUT2D eigenvalue weighted by atomic mass is 16.5. The minimum atomic E-state index is 0.442. The first-order valence-corrected chi connectivity index (χ1v) is 4.23. The summed E-state index contributed by atoms with van der Waals surface area (Å²) in [5.74, 6) is 1.30. The van der Waals surface area contributed by atoms with Crippen LogP contribution in [0.15, 0.2) is 22.9 Å². The van der Waals surface area contributed by atoms with Crippen molar-refractivity contribution in [1.82, 2.24) is 5.16 Å². The second kappa shape index (κ2) is 3.01. The number of allylic oxidation sites excluding steroid dienone is 2. The van der Waals surface area contributed by atoms with Crippen molar-refractivity contribution < 1.29 is 4.52 Å². The summed E-state index contributed by atoms with van der Waals surface area (Å²) in [5.41, 5.74) is 6.38. The fourth-order valence-electron chi connectivity index (χ4n) is 1.60. The summed E-state index contributed by atoms with van der Waals surface area (Å²) in [6, 6.07) is 0. The molecule has 64 valence electrons. The van der Waals surface area contributed by atoms with Gasteiger partial charge in [0.1, 0.15) is 0 Å². The van der Waals surface area contributed by atoms with E-state index in [1.54, 1.807) is 6.20 Å². The zero-order valence-corrected chi connectivity index (χ0v) is 6.86. The monoisotopic (exact) mass is 164 g/mol. The van der Waals surface area contributed by atoms with Crippen LogP contribution >= 0.6 is 0 Å². The Morgan fingerprint density at radius 1 is 1.50 bits per heavy atom. The largest absolute Gasteiger partial charge is 0.395 e. The third-order valence-electron chi connectivity index (χ3n) is 2.27. The van der Waals surface area contributed by atoms with Crippen LogP contribution in [0.2, 0.25) is 0 Å². The average molecular weight is 164 g/mol. The van der Waals surface area contributed by atoms with E-state index in [2.05, 4.69) is 17.3 Å². The number of anilines is 1. The van der Waals surface area contributed by atoms with Crippen LogP contribution in [0.3, 0.4) is 0 Å². The molecule has 0 saturated heterocycles. The van der Waals surface area contributed by atoms with Crippen LogP contribution in [0.5, 0.6) is 0 Å². The lowest BCUT2D eigenvalue weighted by Crippen LogP contribution is -2.02. The average Bonchev–Trinajstić information content (AvgIpc) is 2.53. The third kappa shape index (κ3) is 1.22. The Balaban J connectivity index is 2.19. The molecule has 1 aliphatic rings. The van der Waals surface area contributed by atoms with Gasteiger partial charge in [-0.1, -0.05) is 17.3 Å². The van der Waals surface area contributed by atoms with Crippen molar-refractivity contribution in [1.29, 1.82) is 0 Å². The summed E-state index contributed by atoms with van der Waals surface area (Å²) >= 11 is 0. The number of rotatable bonds is 1. The highest BCUT2D eigenvalue weighted by molar-refractivity contribution is 5.40. The molecule has 3 nitrogen and oxygen atoms in total. The maximum absolute atomic E-state index is 5.69. The molecule has 0 bridgehead atoms. The van der Waals surface area contributed by atoms with Gasteiger partial charge in [0.25, 0.3) is 0 Å². The van der Waals surface area contributed by atoms with Gasteiger partial charge in [0.2, 0.25) is 0 Å². The molecule has 3 heteroatoms. The van der Waals surface area contributed by atoms with E-state index in [4.69, 9.17) is 10.3 Å². The molecule has 1 unspecified atom stereocenters. The molecule has 1 atom stereocenters. The molecule has 1 aromatic heterocycles. The standard InChI is InChI=1S/C9H12N2O/c10-8-6-11-12-9(8)7-4-2-1-3-5-7/h1-2,6-7H,3-5,10H2. The van der Waals surface area contributed by atoms with Crippen LogP contribution < -0.4 is 5.73 Å². The van der Waals surface area contributed by atoms with Gasteiger partial charge in [-0.25, -0.2) is 0 Å². The zero-order valence-electron chi connectivity index (χ0n) is 6.86. The van der Waals surface area contributed by atoms with Crippen molar-refractivity contribution in [3.8, 4) is 0 Å². The quantitative estimate of drug-likeness (QED) is 0.646. The number of hydrogen-bond acceptors (Lipinski definition) is 3. The van der Waals surface area contributed by atoms with Gasteiger partial charge in [-0.15, -0.1) is 0 Å². The number of nitrogen functional groups attached to an aromatic ring is 1. The number of hydrogen-bond donors (Lipinski definition) is 1. The molecule has 0 aliphatic heterocycles. The molecule has 0 amide bonds. The van der Waals surface area contributed by atoms with Crippen molar-refractivity contribution >= 4 is 5.69 Å². The molecule has 0 spiro atoms.